The molecule has 2 heterocycles. The van der Waals surface area contributed by atoms with Crippen molar-refractivity contribution in [1.29, 1.82) is 0 Å². The lowest BCUT2D eigenvalue weighted by Crippen LogP contribution is -2.23. The van der Waals surface area contributed by atoms with Gasteiger partial charge in [0, 0.05) is 33.7 Å². The number of rotatable bonds is 7. The van der Waals surface area contributed by atoms with Gasteiger partial charge in [0.2, 0.25) is 0 Å². The Morgan fingerprint density at radius 2 is 1.04 bits per heavy atom. The van der Waals surface area contributed by atoms with Crippen LogP contribution in [0.3, 0.4) is 0 Å². The van der Waals surface area contributed by atoms with E-state index in [1.807, 2.05) is 6.07 Å². The van der Waals surface area contributed by atoms with Crippen molar-refractivity contribution >= 4 is 61.4 Å². The number of hydrogen-bond acceptors (Lipinski definition) is 5. The highest BCUT2D eigenvalue weighted by atomic mass is 16.5. The molecule has 2 N–H and O–H groups in total. The van der Waals surface area contributed by atoms with Crippen LogP contribution in [-0.2, 0) is 0 Å². The van der Waals surface area contributed by atoms with E-state index in [4.69, 9.17) is 4.74 Å². The Hall–Kier alpha value is -7.50. The van der Waals surface area contributed by atoms with E-state index in [9.17, 15) is 0 Å². The molecule has 0 saturated carbocycles. The molecule has 0 bridgehead atoms. The fourth-order valence-corrected chi connectivity index (χ4v) is 8.50. The van der Waals surface area contributed by atoms with Gasteiger partial charge >= 0.3 is 0 Å². The number of nitrogens with zero attached hydrogens (tertiary/aromatic N) is 2. The minimum absolute atomic E-state index is 0.0234. The summed E-state index contributed by atoms with van der Waals surface area (Å²) in [5.74, 6) is 0.889. The second-order valence-corrected chi connectivity index (χ2v) is 14.7. The smallest absolute Gasteiger partial charge is 0.196 e. The number of hydrogen-bond donors (Lipinski definition) is 2. The lowest BCUT2D eigenvalue weighted by Gasteiger charge is -2.29. The maximum atomic E-state index is 6.73. The molecule has 0 radical (unpaired) electrons. The van der Waals surface area contributed by atoms with Gasteiger partial charge in [-0.15, -0.1) is 0 Å². The normalized spacial score (nSPS) is 15.4. The highest BCUT2D eigenvalue weighted by Gasteiger charge is 2.31. The fraction of sp³-hybridized carbons (Fsp3) is 0.0385. The first-order chi connectivity index (χ1) is 28.2. The molecule has 0 saturated heterocycles. The van der Waals surface area contributed by atoms with Gasteiger partial charge in [0.25, 0.3) is 0 Å². The highest BCUT2D eigenvalue weighted by molar-refractivity contribution is 6.14. The Morgan fingerprint density at radius 3 is 1.79 bits per heavy atom. The van der Waals surface area contributed by atoms with E-state index in [0.29, 0.717) is 0 Å². The largest absolute Gasteiger partial charge is 0.464 e. The van der Waals surface area contributed by atoms with Gasteiger partial charge in [-0.2, -0.15) is 0 Å². The first-order valence-electron chi connectivity index (χ1n) is 19.5. The zero-order valence-corrected chi connectivity index (χ0v) is 31.1. The molecular weight excluding hydrogens is 697 g/mol. The number of nitrogens with one attached hydrogen (secondary N) is 2. The Morgan fingerprint density at radius 1 is 0.456 bits per heavy atom. The minimum Gasteiger partial charge on any atom is -0.464 e. The van der Waals surface area contributed by atoms with Crippen molar-refractivity contribution in [3.63, 3.8) is 0 Å². The fourth-order valence-electron chi connectivity index (χ4n) is 8.50. The molecule has 57 heavy (non-hydrogen) atoms. The second-order valence-electron chi connectivity index (χ2n) is 14.7. The Labute approximate surface area is 332 Å². The van der Waals surface area contributed by atoms with Gasteiger partial charge in [0.15, 0.2) is 12.0 Å². The number of ether oxygens (including phenoxy) is 1. The standard InChI is InChI=1S/C52H38N4O/c1-4-12-35(13-5-1)36-22-26-41(27-23-36)55(42-29-31-43(32-30-42)56-48-19-11-10-18-46(48)53-51(56)39-14-6-2-7-15-39)44-28-24-37-20-21-38-25-33-47-50(49(38)45(37)34-44)57-52(54-47)40-16-8-3-9-17-40/h1-34,51-54H. The third-order valence-electron chi connectivity index (χ3n) is 11.3. The van der Waals surface area contributed by atoms with Crippen molar-refractivity contribution in [1.82, 2.24) is 0 Å². The maximum absolute atomic E-state index is 6.73. The molecule has 5 nitrogen and oxygen atoms in total. The van der Waals surface area contributed by atoms with Crippen molar-refractivity contribution in [2.45, 2.75) is 12.4 Å². The SMILES string of the molecule is c1ccc(-c2ccc(N(c3ccc(N4c5ccccc5NC4c4ccccc4)cc3)c3ccc4ccc5ccc6c(c5c4c3)OC(c3ccccc3)N6)cc2)cc1. The molecule has 0 fully saturated rings. The van der Waals surface area contributed by atoms with E-state index in [0.717, 1.165) is 72.7 Å². The third-order valence-corrected chi connectivity index (χ3v) is 11.3. The topological polar surface area (TPSA) is 39.8 Å². The van der Waals surface area contributed by atoms with Crippen molar-refractivity contribution in [2.24, 2.45) is 0 Å². The van der Waals surface area contributed by atoms with Gasteiger partial charge in [-0.1, -0.05) is 140 Å². The number of anilines is 7. The molecule has 2 aliphatic rings. The van der Waals surface area contributed by atoms with Crippen LogP contribution in [0.4, 0.5) is 39.8 Å². The van der Waals surface area contributed by atoms with Crippen LogP contribution in [0.1, 0.15) is 23.5 Å². The van der Waals surface area contributed by atoms with Crippen LogP contribution in [0.15, 0.2) is 206 Å². The first kappa shape index (κ1) is 32.9. The molecule has 2 aliphatic heterocycles. The zero-order chi connectivity index (χ0) is 37.7. The van der Waals surface area contributed by atoms with E-state index in [2.05, 4.69) is 221 Å². The van der Waals surface area contributed by atoms with Crippen molar-refractivity contribution < 1.29 is 4.74 Å². The molecule has 9 aromatic carbocycles. The molecule has 272 valence electrons. The van der Waals surface area contributed by atoms with Crippen LogP contribution < -0.4 is 25.2 Å². The monoisotopic (exact) mass is 734 g/mol. The molecule has 9 aromatic rings. The van der Waals surface area contributed by atoms with Gasteiger partial charge in [-0.05, 0) is 99.6 Å². The second kappa shape index (κ2) is 13.7. The van der Waals surface area contributed by atoms with E-state index in [1.54, 1.807) is 0 Å². The van der Waals surface area contributed by atoms with E-state index in [-0.39, 0.29) is 12.4 Å². The van der Waals surface area contributed by atoms with Crippen molar-refractivity contribution in [3.05, 3.63) is 217 Å². The summed E-state index contributed by atoms with van der Waals surface area (Å²) in [6.07, 6.45) is -0.271. The van der Waals surface area contributed by atoms with Crippen LogP contribution in [0.2, 0.25) is 0 Å². The lowest BCUT2D eigenvalue weighted by atomic mass is 9.99. The van der Waals surface area contributed by atoms with Crippen LogP contribution in [0.5, 0.6) is 5.75 Å². The quantitative estimate of drug-likeness (QED) is 0.160. The maximum Gasteiger partial charge on any atom is 0.196 e. The molecule has 0 aromatic heterocycles. The molecule has 11 rings (SSSR count). The number of para-hydroxylation sites is 2. The predicted molar refractivity (Wildman–Crippen MR) is 236 cm³/mol. The summed E-state index contributed by atoms with van der Waals surface area (Å²) in [6, 6.07) is 73.5. The molecule has 0 amide bonds. The number of benzene rings is 9. The molecule has 0 aliphatic carbocycles. The lowest BCUT2D eigenvalue weighted by molar-refractivity contribution is 0.263. The summed E-state index contributed by atoms with van der Waals surface area (Å²) >= 11 is 0. The molecule has 5 heteroatoms. The van der Waals surface area contributed by atoms with Crippen molar-refractivity contribution in [3.8, 4) is 16.9 Å². The summed E-state index contributed by atoms with van der Waals surface area (Å²) in [7, 11) is 0. The first-order valence-corrected chi connectivity index (χ1v) is 19.5. The summed E-state index contributed by atoms with van der Waals surface area (Å²) in [6.45, 7) is 0. The average Bonchev–Trinajstić information content (AvgIpc) is 3.91. The molecule has 2 unspecified atom stereocenters. The van der Waals surface area contributed by atoms with Crippen LogP contribution >= 0.6 is 0 Å². The van der Waals surface area contributed by atoms with Gasteiger partial charge in [-0.3, -0.25) is 0 Å². The van der Waals surface area contributed by atoms with Gasteiger partial charge in [0.1, 0.15) is 6.17 Å². The van der Waals surface area contributed by atoms with E-state index >= 15 is 0 Å². The Balaban J connectivity index is 1.03. The van der Waals surface area contributed by atoms with Crippen molar-refractivity contribution in [2.75, 3.05) is 20.4 Å². The van der Waals surface area contributed by atoms with E-state index in [1.165, 1.54) is 16.7 Å². The van der Waals surface area contributed by atoms with Gasteiger partial charge in [0.05, 0.1) is 17.1 Å². The highest BCUT2D eigenvalue weighted by Crippen LogP contribution is 2.49. The molecule has 0 spiro atoms. The van der Waals surface area contributed by atoms with Crippen LogP contribution in [0, 0.1) is 0 Å². The summed E-state index contributed by atoms with van der Waals surface area (Å²) in [5, 5.41) is 11.9. The number of fused-ring (bicyclic) bond motifs is 6. The molecule has 2 atom stereocenters. The molecular formula is C52H38N4O. The predicted octanol–water partition coefficient (Wildman–Crippen LogP) is 13.9. The average molecular weight is 735 g/mol. The van der Waals surface area contributed by atoms with Crippen LogP contribution in [0.25, 0.3) is 32.7 Å². The summed E-state index contributed by atoms with van der Waals surface area (Å²) in [5.41, 5.74) is 12.3. The minimum atomic E-state index is -0.248. The van der Waals surface area contributed by atoms with Gasteiger partial charge < -0.3 is 25.2 Å². The Bertz CT molecular complexity index is 2880. The van der Waals surface area contributed by atoms with Gasteiger partial charge in [-0.25, -0.2) is 0 Å². The zero-order valence-electron chi connectivity index (χ0n) is 31.1. The Kier molecular flexibility index (Phi) is 7.88. The third kappa shape index (κ3) is 5.80. The van der Waals surface area contributed by atoms with Crippen LogP contribution in [-0.4, -0.2) is 0 Å². The summed E-state index contributed by atoms with van der Waals surface area (Å²) in [4.78, 5) is 4.75. The summed E-state index contributed by atoms with van der Waals surface area (Å²) < 4.78 is 6.73. The van der Waals surface area contributed by atoms with E-state index < -0.39 is 0 Å².